The summed E-state index contributed by atoms with van der Waals surface area (Å²) in [6.07, 6.45) is 3.65. The van der Waals surface area contributed by atoms with E-state index >= 15 is 0 Å². The molecule has 1 N–H and O–H groups in total. The number of likely N-dealkylation sites (tertiary alicyclic amines) is 1. The van der Waals surface area contributed by atoms with E-state index in [-0.39, 0.29) is 0 Å². The van der Waals surface area contributed by atoms with Crippen LogP contribution >= 0.6 is 0 Å². The zero-order chi connectivity index (χ0) is 14.4. The van der Waals surface area contributed by atoms with Crippen LogP contribution in [0.25, 0.3) is 0 Å². The maximum Gasteiger partial charge on any atom is 0.0233 e. The molecule has 1 aromatic carbocycles. The van der Waals surface area contributed by atoms with Gasteiger partial charge in [-0.3, -0.25) is 4.90 Å². The zero-order valence-electron chi connectivity index (χ0n) is 13.4. The van der Waals surface area contributed by atoms with Crippen LogP contribution in [0.1, 0.15) is 44.7 Å². The van der Waals surface area contributed by atoms with Gasteiger partial charge >= 0.3 is 0 Å². The molecule has 1 heterocycles. The molecule has 0 aliphatic carbocycles. The lowest BCUT2D eigenvalue weighted by molar-refractivity contribution is 0.141. The van der Waals surface area contributed by atoms with Gasteiger partial charge in [-0.2, -0.15) is 0 Å². The number of hydrogen-bond donors (Lipinski definition) is 1. The molecule has 1 aromatic rings. The van der Waals surface area contributed by atoms with Crippen molar-refractivity contribution in [1.82, 2.24) is 10.2 Å². The number of piperidine rings is 1. The second-order valence-corrected chi connectivity index (χ2v) is 6.23. The molecule has 2 unspecified atom stereocenters. The van der Waals surface area contributed by atoms with Crippen molar-refractivity contribution < 1.29 is 0 Å². The van der Waals surface area contributed by atoms with Gasteiger partial charge in [0, 0.05) is 19.1 Å². The first-order chi connectivity index (χ1) is 9.72. The summed E-state index contributed by atoms with van der Waals surface area (Å²) in [4.78, 5) is 2.61. The Balaban J connectivity index is 1.82. The average molecular weight is 274 g/mol. The van der Waals surface area contributed by atoms with Crippen LogP contribution in [0.5, 0.6) is 0 Å². The van der Waals surface area contributed by atoms with E-state index in [1.54, 1.807) is 0 Å². The summed E-state index contributed by atoms with van der Waals surface area (Å²) >= 11 is 0. The van der Waals surface area contributed by atoms with E-state index in [1.807, 2.05) is 0 Å². The molecule has 2 heteroatoms. The molecule has 0 saturated carbocycles. The summed E-state index contributed by atoms with van der Waals surface area (Å²) in [6, 6.07) is 9.85. The van der Waals surface area contributed by atoms with Crippen molar-refractivity contribution in [2.24, 2.45) is 5.92 Å². The lowest BCUT2D eigenvalue weighted by Gasteiger charge is -2.37. The Morgan fingerprint density at radius 3 is 2.45 bits per heavy atom. The fraction of sp³-hybridized carbons (Fsp3) is 0.667. The highest BCUT2D eigenvalue weighted by Crippen LogP contribution is 2.19. The molecule has 0 aromatic heterocycles. The third-order valence-corrected chi connectivity index (χ3v) is 4.48. The third-order valence-electron chi connectivity index (χ3n) is 4.48. The van der Waals surface area contributed by atoms with E-state index in [0.29, 0.717) is 6.04 Å². The molecule has 1 fully saturated rings. The van der Waals surface area contributed by atoms with Crippen molar-refractivity contribution in [3.8, 4) is 0 Å². The molecule has 0 bridgehead atoms. The number of nitrogens with one attached hydrogen (secondary N) is 1. The molecule has 2 nitrogen and oxygen atoms in total. The van der Waals surface area contributed by atoms with Crippen LogP contribution in [0.3, 0.4) is 0 Å². The van der Waals surface area contributed by atoms with Crippen molar-refractivity contribution in [1.29, 1.82) is 0 Å². The van der Waals surface area contributed by atoms with Gasteiger partial charge in [-0.25, -0.2) is 0 Å². The SMILES string of the molecule is CCCNC1CCN(Cc2ccc(CC)cc2)CC1C. The number of rotatable bonds is 6. The summed E-state index contributed by atoms with van der Waals surface area (Å²) in [7, 11) is 0. The average Bonchev–Trinajstić information content (AvgIpc) is 2.47. The fourth-order valence-electron chi connectivity index (χ4n) is 3.15. The Kier molecular flexibility index (Phi) is 6.06. The van der Waals surface area contributed by atoms with Gasteiger partial charge in [0.2, 0.25) is 0 Å². The Bertz CT molecular complexity index is 385. The van der Waals surface area contributed by atoms with Gasteiger partial charge in [0.1, 0.15) is 0 Å². The van der Waals surface area contributed by atoms with Crippen LogP contribution in [-0.4, -0.2) is 30.6 Å². The van der Waals surface area contributed by atoms with Crippen molar-refractivity contribution in [3.05, 3.63) is 35.4 Å². The Morgan fingerprint density at radius 1 is 1.15 bits per heavy atom. The molecule has 20 heavy (non-hydrogen) atoms. The third kappa shape index (κ3) is 4.32. The molecular weight excluding hydrogens is 244 g/mol. The molecule has 1 saturated heterocycles. The molecule has 2 atom stereocenters. The van der Waals surface area contributed by atoms with Gasteiger partial charge in [0.25, 0.3) is 0 Å². The van der Waals surface area contributed by atoms with E-state index in [9.17, 15) is 0 Å². The van der Waals surface area contributed by atoms with Crippen LogP contribution in [0.2, 0.25) is 0 Å². The van der Waals surface area contributed by atoms with Gasteiger partial charge in [-0.05, 0) is 49.4 Å². The van der Waals surface area contributed by atoms with Crippen molar-refractivity contribution in [2.75, 3.05) is 19.6 Å². The number of nitrogens with zero attached hydrogens (tertiary/aromatic N) is 1. The van der Waals surface area contributed by atoms with Crippen molar-refractivity contribution >= 4 is 0 Å². The number of aryl methyl sites for hydroxylation is 1. The van der Waals surface area contributed by atoms with Crippen LogP contribution < -0.4 is 5.32 Å². The van der Waals surface area contributed by atoms with Crippen LogP contribution in [0, 0.1) is 5.92 Å². The lowest BCUT2D eigenvalue weighted by atomic mass is 9.93. The predicted molar refractivity (Wildman–Crippen MR) is 87.0 cm³/mol. The van der Waals surface area contributed by atoms with E-state index < -0.39 is 0 Å². The van der Waals surface area contributed by atoms with Crippen LogP contribution in [0.4, 0.5) is 0 Å². The summed E-state index contributed by atoms with van der Waals surface area (Å²) < 4.78 is 0. The minimum absolute atomic E-state index is 0.716. The highest BCUT2D eigenvalue weighted by molar-refractivity contribution is 5.22. The van der Waals surface area contributed by atoms with E-state index in [2.05, 4.69) is 55.3 Å². The minimum atomic E-state index is 0.716. The van der Waals surface area contributed by atoms with Crippen molar-refractivity contribution in [2.45, 2.75) is 52.6 Å². The highest BCUT2D eigenvalue weighted by Gasteiger charge is 2.25. The quantitative estimate of drug-likeness (QED) is 0.854. The smallest absolute Gasteiger partial charge is 0.0233 e. The Hall–Kier alpha value is -0.860. The molecule has 1 aliphatic rings. The summed E-state index contributed by atoms with van der Waals surface area (Å²) in [5, 5.41) is 3.69. The Labute approximate surface area is 124 Å². The minimum Gasteiger partial charge on any atom is -0.314 e. The Morgan fingerprint density at radius 2 is 1.85 bits per heavy atom. The molecular formula is C18H30N2. The van der Waals surface area contributed by atoms with Gasteiger partial charge in [0.15, 0.2) is 0 Å². The van der Waals surface area contributed by atoms with Gasteiger partial charge in [0.05, 0.1) is 0 Å². The van der Waals surface area contributed by atoms with E-state index in [0.717, 1.165) is 25.4 Å². The summed E-state index contributed by atoms with van der Waals surface area (Å²) in [5.41, 5.74) is 2.89. The standard InChI is InChI=1S/C18H30N2/c1-4-11-19-18-10-12-20(13-15(18)3)14-17-8-6-16(5-2)7-9-17/h6-9,15,18-19H,4-5,10-14H2,1-3H3. The molecule has 0 spiro atoms. The zero-order valence-corrected chi connectivity index (χ0v) is 13.4. The number of benzene rings is 1. The summed E-state index contributed by atoms with van der Waals surface area (Å²) in [5.74, 6) is 0.755. The van der Waals surface area contributed by atoms with Crippen molar-refractivity contribution in [3.63, 3.8) is 0 Å². The lowest BCUT2D eigenvalue weighted by Crippen LogP contribution is -2.48. The monoisotopic (exact) mass is 274 g/mol. The molecule has 112 valence electrons. The molecule has 2 rings (SSSR count). The largest absolute Gasteiger partial charge is 0.314 e. The van der Waals surface area contributed by atoms with E-state index in [4.69, 9.17) is 0 Å². The first kappa shape index (κ1) is 15.5. The van der Waals surface area contributed by atoms with Gasteiger partial charge < -0.3 is 5.32 Å². The maximum absolute atomic E-state index is 3.69. The second-order valence-electron chi connectivity index (χ2n) is 6.23. The molecule has 1 aliphatic heterocycles. The predicted octanol–water partition coefficient (Wildman–Crippen LogP) is 3.46. The normalized spacial score (nSPS) is 23.9. The van der Waals surface area contributed by atoms with Gasteiger partial charge in [-0.1, -0.05) is 45.0 Å². The molecule has 0 amide bonds. The topological polar surface area (TPSA) is 15.3 Å². The van der Waals surface area contributed by atoms with Crippen LogP contribution in [0.15, 0.2) is 24.3 Å². The molecule has 0 radical (unpaired) electrons. The number of hydrogen-bond acceptors (Lipinski definition) is 2. The highest BCUT2D eigenvalue weighted by atomic mass is 15.1. The fourth-order valence-corrected chi connectivity index (χ4v) is 3.15. The summed E-state index contributed by atoms with van der Waals surface area (Å²) in [6.45, 7) is 11.6. The van der Waals surface area contributed by atoms with Crippen LogP contribution in [-0.2, 0) is 13.0 Å². The first-order valence-corrected chi connectivity index (χ1v) is 8.26. The first-order valence-electron chi connectivity index (χ1n) is 8.26. The maximum atomic E-state index is 3.69. The van der Waals surface area contributed by atoms with Gasteiger partial charge in [-0.15, -0.1) is 0 Å². The van der Waals surface area contributed by atoms with E-state index in [1.165, 1.54) is 37.1 Å². The second kappa shape index (κ2) is 7.80.